The molecule has 0 aromatic carbocycles. The molecule has 5 heteroatoms. The van der Waals surface area contributed by atoms with Crippen LogP contribution in [-0.2, 0) is 11.3 Å². The van der Waals surface area contributed by atoms with Gasteiger partial charge in [0.1, 0.15) is 6.54 Å². The molecule has 1 aromatic heterocycles. The summed E-state index contributed by atoms with van der Waals surface area (Å²) in [5.41, 5.74) is 0. The lowest BCUT2D eigenvalue weighted by Gasteiger charge is -2.02. The number of rotatable bonds is 4. The molecule has 0 aliphatic carbocycles. The van der Waals surface area contributed by atoms with Crippen LogP contribution in [-0.4, -0.2) is 17.0 Å². The van der Waals surface area contributed by atoms with E-state index in [0.29, 0.717) is 6.54 Å². The Morgan fingerprint density at radius 2 is 2.46 bits per heavy atom. The summed E-state index contributed by atoms with van der Waals surface area (Å²) >= 11 is 1.10. The molecule has 0 fully saturated rings. The van der Waals surface area contributed by atoms with E-state index in [1.165, 1.54) is 4.57 Å². The maximum Gasteiger partial charge on any atom is 0.307 e. The second-order valence-electron chi connectivity index (χ2n) is 2.65. The zero-order valence-electron chi connectivity index (χ0n) is 7.45. The van der Waals surface area contributed by atoms with Crippen LogP contribution >= 0.6 is 11.3 Å². The van der Waals surface area contributed by atoms with E-state index in [1.54, 1.807) is 11.6 Å². The Morgan fingerprint density at radius 3 is 3.00 bits per heavy atom. The molecule has 1 N–H and O–H groups in total. The Hall–Kier alpha value is -1.10. The highest BCUT2D eigenvalue weighted by atomic mass is 32.1. The normalized spacial score (nSPS) is 9.92. The molecule has 0 radical (unpaired) electrons. The Kier molecular flexibility index (Phi) is 3.70. The molecule has 0 saturated carbocycles. The fraction of sp³-hybridized carbons (Fsp3) is 0.500. The van der Waals surface area contributed by atoms with Crippen molar-refractivity contribution >= 4 is 17.2 Å². The fourth-order valence-corrected chi connectivity index (χ4v) is 1.47. The molecule has 0 aliphatic rings. The number of nitrogens with zero attached hydrogens (tertiary/aromatic N) is 1. The number of aromatic nitrogens is 1. The number of hydrogen-bond acceptors (Lipinski definition) is 3. The molecule has 4 nitrogen and oxygen atoms in total. The quantitative estimate of drug-likeness (QED) is 0.766. The zero-order valence-corrected chi connectivity index (χ0v) is 8.26. The maximum absolute atomic E-state index is 11.2. The summed E-state index contributed by atoms with van der Waals surface area (Å²) in [6, 6.07) is 0. The lowest BCUT2D eigenvalue weighted by Crippen LogP contribution is -2.30. The zero-order chi connectivity index (χ0) is 9.68. The minimum Gasteiger partial charge on any atom is -0.355 e. The monoisotopic (exact) mass is 200 g/mol. The van der Waals surface area contributed by atoms with Crippen molar-refractivity contribution in [1.82, 2.24) is 9.88 Å². The van der Waals surface area contributed by atoms with E-state index in [0.717, 1.165) is 17.8 Å². The first kappa shape index (κ1) is 9.98. The number of carbonyl (C=O) groups excluding carboxylic acids is 1. The van der Waals surface area contributed by atoms with Gasteiger partial charge in [-0.05, 0) is 6.42 Å². The van der Waals surface area contributed by atoms with Gasteiger partial charge in [0.2, 0.25) is 5.91 Å². The van der Waals surface area contributed by atoms with Crippen molar-refractivity contribution in [2.45, 2.75) is 19.9 Å². The van der Waals surface area contributed by atoms with Crippen LogP contribution in [0.4, 0.5) is 0 Å². The summed E-state index contributed by atoms with van der Waals surface area (Å²) in [5.74, 6) is -0.109. The number of thiazole rings is 1. The Morgan fingerprint density at radius 1 is 1.69 bits per heavy atom. The van der Waals surface area contributed by atoms with E-state index in [-0.39, 0.29) is 17.3 Å². The van der Waals surface area contributed by atoms with Crippen LogP contribution in [0.5, 0.6) is 0 Å². The third-order valence-electron chi connectivity index (χ3n) is 1.53. The van der Waals surface area contributed by atoms with Crippen LogP contribution in [0.1, 0.15) is 13.3 Å². The molecular weight excluding hydrogens is 188 g/mol. The number of amides is 1. The summed E-state index contributed by atoms with van der Waals surface area (Å²) in [6.45, 7) is 2.77. The minimum absolute atomic E-state index is 0.0911. The van der Waals surface area contributed by atoms with E-state index in [1.807, 2.05) is 6.92 Å². The van der Waals surface area contributed by atoms with Gasteiger partial charge in [-0.2, -0.15) is 0 Å². The van der Waals surface area contributed by atoms with Gasteiger partial charge in [-0.15, -0.1) is 0 Å². The molecule has 0 saturated heterocycles. The molecule has 1 aromatic rings. The second-order valence-corrected chi connectivity index (χ2v) is 3.50. The first-order valence-electron chi connectivity index (χ1n) is 4.14. The molecule has 1 rings (SSSR count). The van der Waals surface area contributed by atoms with E-state index < -0.39 is 0 Å². The van der Waals surface area contributed by atoms with Crippen molar-refractivity contribution in [3.05, 3.63) is 21.2 Å². The van der Waals surface area contributed by atoms with Crippen LogP contribution < -0.4 is 10.2 Å². The molecule has 0 unspecified atom stereocenters. The SMILES string of the molecule is CCCNC(=O)Cn1ccsc1=O. The first-order valence-corrected chi connectivity index (χ1v) is 5.02. The highest BCUT2D eigenvalue weighted by molar-refractivity contribution is 7.07. The molecule has 1 heterocycles. The molecule has 0 aliphatic heterocycles. The second kappa shape index (κ2) is 4.81. The molecular formula is C8H12N2O2S. The van der Waals surface area contributed by atoms with Gasteiger partial charge in [0.05, 0.1) is 0 Å². The summed E-state index contributed by atoms with van der Waals surface area (Å²) in [5, 5.41) is 4.38. The van der Waals surface area contributed by atoms with Gasteiger partial charge in [-0.3, -0.25) is 14.2 Å². The van der Waals surface area contributed by atoms with Crippen LogP contribution in [0.3, 0.4) is 0 Å². The van der Waals surface area contributed by atoms with E-state index in [4.69, 9.17) is 0 Å². The molecule has 72 valence electrons. The Balaban J connectivity index is 2.46. The summed E-state index contributed by atoms with van der Waals surface area (Å²) in [6.07, 6.45) is 2.53. The maximum atomic E-state index is 11.2. The Bertz CT molecular complexity index is 329. The largest absolute Gasteiger partial charge is 0.355 e. The van der Waals surface area contributed by atoms with Gasteiger partial charge < -0.3 is 5.32 Å². The predicted octanol–water partition coefficient (Wildman–Crippen LogP) is 0.436. The smallest absolute Gasteiger partial charge is 0.307 e. The molecule has 0 spiro atoms. The van der Waals surface area contributed by atoms with Crippen molar-refractivity contribution < 1.29 is 4.79 Å². The van der Waals surface area contributed by atoms with Crippen LogP contribution in [0.2, 0.25) is 0 Å². The average molecular weight is 200 g/mol. The molecule has 13 heavy (non-hydrogen) atoms. The molecule has 0 bridgehead atoms. The van der Waals surface area contributed by atoms with Gasteiger partial charge in [0.25, 0.3) is 0 Å². The summed E-state index contributed by atoms with van der Waals surface area (Å²) < 4.78 is 1.40. The van der Waals surface area contributed by atoms with E-state index in [9.17, 15) is 9.59 Å². The molecule has 0 atom stereocenters. The number of nitrogens with one attached hydrogen (secondary N) is 1. The topological polar surface area (TPSA) is 51.1 Å². The highest BCUT2D eigenvalue weighted by Crippen LogP contribution is 1.88. The van der Waals surface area contributed by atoms with Crippen molar-refractivity contribution in [2.75, 3.05) is 6.54 Å². The van der Waals surface area contributed by atoms with Crippen LogP contribution in [0, 0.1) is 0 Å². The molecule has 1 amide bonds. The standard InChI is InChI=1S/C8H12N2O2S/c1-2-3-9-7(11)6-10-4-5-13-8(10)12/h4-5H,2-3,6H2,1H3,(H,9,11). The van der Waals surface area contributed by atoms with Gasteiger partial charge in [0.15, 0.2) is 0 Å². The summed E-state index contributed by atoms with van der Waals surface area (Å²) in [4.78, 5) is 22.1. The number of hydrogen-bond donors (Lipinski definition) is 1. The first-order chi connectivity index (χ1) is 6.24. The Labute approximate surface area is 80.2 Å². The average Bonchev–Trinajstić information content (AvgIpc) is 2.48. The van der Waals surface area contributed by atoms with Crippen LogP contribution in [0.25, 0.3) is 0 Å². The predicted molar refractivity (Wildman–Crippen MR) is 51.9 cm³/mol. The van der Waals surface area contributed by atoms with Crippen molar-refractivity contribution in [1.29, 1.82) is 0 Å². The van der Waals surface area contributed by atoms with Gasteiger partial charge in [-0.25, -0.2) is 0 Å². The van der Waals surface area contributed by atoms with Crippen molar-refractivity contribution in [2.24, 2.45) is 0 Å². The van der Waals surface area contributed by atoms with Crippen molar-refractivity contribution in [3.63, 3.8) is 0 Å². The van der Waals surface area contributed by atoms with E-state index in [2.05, 4.69) is 5.32 Å². The lowest BCUT2D eigenvalue weighted by molar-refractivity contribution is -0.121. The van der Waals surface area contributed by atoms with Gasteiger partial charge >= 0.3 is 4.87 Å². The third-order valence-corrected chi connectivity index (χ3v) is 2.22. The third kappa shape index (κ3) is 3.02. The van der Waals surface area contributed by atoms with Crippen LogP contribution in [0.15, 0.2) is 16.4 Å². The lowest BCUT2D eigenvalue weighted by atomic mass is 10.4. The van der Waals surface area contributed by atoms with Crippen molar-refractivity contribution in [3.8, 4) is 0 Å². The van der Waals surface area contributed by atoms with E-state index >= 15 is 0 Å². The number of carbonyl (C=O) groups is 1. The highest BCUT2D eigenvalue weighted by Gasteiger charge is 2.02. The summed E-state index contributed by atoms with van der Waals surface area (Å²) in [7, 11) is 0. The van der Waals surface area contributed by atoms with Gasteiger partial charge in [-0.1, -0.05) is 18.3 Å². The minimum atomic E-state index is -0.109. The fourth-order valence-electron chi connectivity index (χ4n) is 0.883. The van der Waals surface area contributed by atoms with Gasteiger partial charge in [0, 0.05) is 18.1 Å².